The largest absolute Gasteiger partial charge is 0.346 e. The number of nitrogens with zero attached hydrogens (tertiary/aromatic N) is 3. The van der Waals surface area contributed by atoms with E-state index < -0.39 is 0 Å². The van der Waals surface area contributed by atoms with Crippen LogP contribution in [0.25, 0.3) is 10.2 Å². The number of aromatic nitrogens is 1. The number of nitrogens with one attached hydrogen (secondary N) is 1. The Morgan fingerprint density at radius 3 is 3.00 bits per heavy atom. The van der Waals surface area contributed by atoms with Gasteiger partial charge in [-0.3, -0.25) is 0 Å². The van der Waals surface area contributed by atoms with Gasteiger partial charge in [-0.25, -0.2) is 9.78 Å². The van der Waals surface area contributed by atoms with Crippen LogP contribution in [0.15, 0.2) is 24.3 Å². The van der Waals surface area contributed by atoms with Crippen molar-refractivity contribution in [2.24, 2.45) is 0 Å². The van der Waals surface area contributed by atoms with Gasteiger partial charge in [-0.05, 0) is 25.0 Å². The molecule has 4 rings (SSSR count). The third-order valence-electron chi connectivity index (χ3n) is 4.28. The van der Waals surface area contributed by atoms with E-state index in [4.69, 9.17) is 4.98 Å². The Morgan fingerprint density at radius 2 is 2.19 bits per heavy atom. The first kappa shape index (κ1) is 12.9. The maximum Gasteiger partial charge on any atom is 0.317 e. The zero-order valence-electron chi connectivity index (χ0n) is 11.8. The van der Waals surface area contributed by atoms with Crippen LogP contribution in [0.2, 0.25) is 0 Å². The van der Waals surface area contributed by atoms with Crippen molar-refractivity contribution in [3.8, 4) is 0 Å². The molecule has 0 saturated carbocycles. The third kappa shape index (κ3) is 2.33. The summed E-state index contributed by atoms with van der Waals surface area (Å²) < 4.78 is 1.23. The Balaban J connectivity index is 1.56. The van der Waals surface area contributed by atoms with Crippen LogP contribution >= 0.6 is 11.3 Å². The highest BCUT2D eigenvalue weighted by atomic mass is 32.1. The lowest BCUT2D eigenvalue weighted by Gasteiger charge is -2.36. The van der Waals surface area contributed by atoms with Gasteiger partial charge in [-0.15, -0.1) is 0 Å². The Hall–Kier alpha value is -1.82. The van der Waals surface area contributed by atoms with Crippen LogP contribution in [0.4, 0.5) is 9.93 Å². The van der Waals surface area contributed by atoms with Gasteiger partial charge >= 0.3 is 6.03 Å². The first-order chi connectivity index (χ1) is 10.3. The van der Waals surface area contributed by atoms with E-state index >= 15 is 0 Å². The predicted octanol–water partition coefficient (Wildman–Crippen LogP) is 2.29. The third-order valence-corrected chi connectivity index (χ3v) is 5.38. The molecule has 1 unspecified atom stereocenters. The molecule has 2 aromatic rings. The average Bonchev–Trinajstić information content (AvgIpc) is 3.13. The van der Waals surface area contributed by atoms with Gasteiger partial charge in [0.05, 0.1) is 16.3 Å². The molecular formula is C15H18N4OS. The Bertz CT molecular complexity index is 637. The molecule has 2 aliphatic rings. The Labute approximate surface area is 127 Å². The molecule has 2 saturated heterocycles. The second-order valence-electron chi connectivity index (χ2n) is 5.63. The fourth-order valence-electron chi connectivity index (χ4n) is 3.21. The number of para-hydroxylation sites is 1. The molecule has 2 aliphatic heterocycles. The van der Waals surface area contributed by atoms with Crippen LogP contribution in [-0.4, -0.2) is 48.1 Å². The minimum absolute atomic E-state index is 0.0890. The van der Waals surface area contributed by atoms with Crippen molar-refractivity contribution in [1.82, 2.24) is 15.2 Å². The molecule has 3 heterocycles. The van der Waals surface area contributed by atoms with Crippen LogP contribution in [-0.2, 0) is 0 Å². The van der Waals surface area contributed by atoms with E-state index in [9.17, 15) is 4.79 Å². The number of urea groups is 1. The first-order valence-electron chi connectivity index (χ1n) is 7.46. The van der Waals surface area contributed by atoms with Gasteiger partial charge in [0.25, 0.3) is 0 Å². The number of fused-ring (bicyclic) bond motifs is 1. The number of carbonyl (C=O) groups excluding carboxylic acids is 1. The zero-order valence-corrected chi connectivity index (χ0v) is 12.6. The molecule has 110 valence electrons. The van der Waals surface area contributed by atoms with Gasteiger partial charge in [-0.2, -0.15) is 0 Å². The zero-order chi connectivity index (χ0) is 14.2. The molecular weight excluding hydrogens is 284 g/mol. The minimum Gasteiger partial charge on any atom is -0.346 e. The summed E-state index contributed by atoms with van der Waals surface area (Å²) in [5.74, 6) is 0. The van der Waals surface area contributed by atoms with E-state index in [0.29, 0.717) is 6.04 Å². The highest BCUT2D eigenvalue weighted by Crippen LogP contribution is 2.31. The minimum atomic E-state index is 0.0890. The van der Waals surface area contributed by atoms with Crippen molar-refractivity contribution in [1.29, 1.82) is 0 Å². The number of hydrogen-bond donors (Lipinski definition) is 1. The van der Waals surface area contributed by atoms with Crippen molar-refractivity contribution in [2.75, 3.05) is 31.1 Å². The summed E-state index contributed by atoms with van der Waals surface area (Å²) in [6.07, 6.45) is 2.21. The SMILES string of the molecule is O=C1NCCN1C1CCCN(c2nc3ccccc3s2)C1. The topological polar surface area (TPSA) is 48.5 Å². The predicted molar refractivity (Wildman–Crippen MR) is 85.0 cm³/mol. The molecule has 0 spiro atoms. The summed E-state index contributed by atoms with van der Waals surface area (Å²) in [4.78, 5) is 20.9. The van der Waals surface area contributed by atoms with Crippen LogP contribution in [0.3, 0.4) is 0 Å². The fraction of sp³-hybridized carbons (Fsp3) is 0.467. The highest BCUT2D eigenvalue weighted by Gasteiger charge is 2.32. The number of carbonyl (C=O) groups is 1. The number of thiazole rings is 1. The Kier molecular flexibility index (Phi) is 3.18. The van der Waals surface area contributed by atoms with Crippen LogP contribution < -0.4 is 10.2 Å². The quantitative estimate of drug-likeness (QED) is 0.926. The highest BCUT2D eigenvalue weighted by molar-refractivity contribution is 7.22. The molecule has 0 bridgehead atoms. The molecule has 2 fully saturated rings. The maximum absolute atomic E-state index is 11.8. The number of benzene rings is 1. The van der Waals surface area contributed by atoms with E-state index in [0.717, 1.165) is 49.7 Å². The van der Waals surface area contributed by atoms with Gasteiger partial charge in [0.15, 0.2) is 5.13 Å². The van der Waals surface area contributed by atoms with Crippen molar-refractivity contribution >= 4 is 32.7 Å². The number of rotatable bonds is 2. The molecule has 0 aliphatic carbocycles. The molecule has 1 aromatic heterocycles. The molecule has 2 amide bonds. The monoisotopic (exact) mass is 302 g/mol. The lowest BCUT2D eigenvalue weighted by atomic mass is 10.1. The van der Waals surface area contributed by atoms with E-state index in [2.05, 4.69) is 28.4 Å². The van der Waals surface area contributed by atoms with Crippen LogP contribution in [0, 0.1) is 0 Å². The Morgan fingerprint density at radius 1 is 1.29 bits per heavy atom. The molecule has 21 heavy (non-hydrogen) atoms. The molecule has 6 heteroatoms. The van der Waals surface area contributed by atoms with Crippen LogP contribution in [0.1, 0.15) is 12.8 Å². The van der Waals surface area contributed by atoms with E-state index in [1.165, 1.54) is 4.70 Å². The number of amides is 2. The smallest absolute Gasteiger partial charge is 0.317 e. The van der Waals surface area contributed by atoms with Crippen molar-refractivity contribution in [3.05, 3.63) is 24.3 Å². The lowest BCUT2D eigenvalue weighted by Crippen LogP contribution is -2.49. The van der Waals surface area contributed by atoms with E-state index in [1.807, 2.05) is 11.0 Å². The summed E-state index contributed by atoms with van der Waals surface area (Å²) in [6.45, 7) is 3.53. The molecule has 1 aromatic carbocycles. The maximum atomic E-state index is 11.8. The lowest BCUT2D eigenvalue weighted by molar-refractivity contribution is 0.189. The van der Waals surface area contributed by atoms with Crippen molar-refractivity contribution in [2.45, 2.75) is 18.9 Å². The van der Waals surface area contributed by atoms with Gasteiger partial charge in [-0.1, -0.05) is 23.5 Å². The average molecular weight is 302 g/mol. The summed E-state index contributed by atoms with van der Waals surface area (Å²) in [7, 11) is 0. The molecule has 0 radical (unpaired) electrons. The standard InChI is InChI=1S/C15H18N4OS/c20-14-16-7-9-19(14)11-4-3-8-18(10-11)15-17-12-5-1-2-6-13(12)21-15/h1-2,5-6,11H,3-4,7-10H2,(H,16,20). The van der Waals surface area contributed by atoms with Gasteiger partial charge < -0.3 is 15.1 Å². The molecule has 5 nitrogen and oxygen atoms in total. The summed E-state index contributed by atoms with van der Waals surface area (Å²) in [5, 5.41) is 3.98. The number of piperidine rings is 1. The number of hydrogen-bond acceptors (Lipinski definition) is 4. The second kappa shape index (κ2) is 5.18. The van der Waals surface area contributed by atoms with Gasteiger partial charge in [0.2, 0.25) is 0 Å². The fourth-order valence-corrected chi connectivity index (χ4v) is 4.21. The second-order valence-corrected chi connectivity index (χ2v) is 6.64. The van der Waals surface area contributed by atoms with Crippen molar-refractivity contribution in [3.63, 3.8) is 0 Å². The van der Waals surface area contributed by atoms with Gasteiger partial charge in [0, 0.05) is 26.2 Å². The summed E-state index contributed by atoms with van der Waals surface area (Å²) in [6, 6.07) is 8.66. The van der Waals surface area contributed by atoms with E-state index in [-0.39, 0.29) is 6.03 Å². The molecule has 1 atom stereocenters. The van der Waals surface area contributed by atoms with Crippen molar-refractivity contribution < 1.29 is 4.79 Å². The summed E-state index contributed by atoms with van der Waals surface area (Å²) >= 11 is 1.74. The summed E-state index contributed by atoms with van der Waals surface area (Å²) in [5.41, 5.74) is 1.07. The molecule has 1 N–H and O–H groups in total. The van der Waals surface area contributed by atoms with Gasteiger partial charge in [0.1, 0.15) is 0 Å². The van der Waals surface area contributed by atoms with E-state index in [1.54, 1.807) is 11.3 Å². The normalized spacial score (nSPS) is 22.9. The number of anilines is 1. The van der Waals surface area contributed by atoms with Crippen LogP contribution in [0.5, 0.6) is 0 Å². The first-order valence-corrected chi connectivity index (χ1v) is 8.28.